The maximum absolute atomic E-state index is 12.5. The lowest BCUT2D eigenvalue weighted by molar-refractivity contribution is -0.121. The highest BCUT2D eigenvalue weighted by molar-refractivity contribution is 7.98. The first-order valence-corrected chi connectivity index (χ1v) is 8.63. The topological polar surface area (TPSA) is 38.3 Å². The van der Waals surface area contributed by atoms with Crippen molar-refractivity contribution in [2.24, 2.45) is 5.92 Å². The van der Waals surface area contributed by atoms with E-state index in [-0.39, 0.29) is 11.8 Å². The molecule has 1 atom stereocenters. The fraction of sp³-hybridized carbons (Fsp3) is 0.235. The van der Waals surface area contributed by atoms with Crippen LogP contribution < -0.4 is 10.1 Å². The van der Waals surface area contributed by atoms with Gasteiger partial charge in [-0.1, -0.05) is 23.7 Å². The maximum Gasteiger partial charge on any atom is 0.231 e. The molecular weight excluding hydrogens is 318 g/mol. The molecule has 0 spiro atoms. The number of carbonyl (C=O) groups is 1. The first-order valence-electron chi connectivity index (χ1n) is 7.02. The largest absolute Gasteiger partial charge is 0.492 e. The number of thioether (sulfide) groups is 1. The van der Waals surface area contributed by atoms with Gasteiger partial charge in [-0.25, -0.2) is 0 Å². The van der Waals surface area contributed by atoms with Crippen LogP contribution in [-0.4, -0.2) is 18.8 Å². The summed E-state index contributed by atoms with van der Waals surface area (Å²) in [6, 6.07) is 13.3. The lowest BCUT2D eigenvalue weighted by Crippen LogP contribution is -2.32. The van der Waals surface area contributed by atoms with Crippen molar-refractivity contribution in [1.82, 2.24) is 0 Å². The predicted molar refractivity (Wildman–Crippen MR) is 91.0 cm³/mol. The number of amides is 1. The second kappa shape index (κ2) is 6.63. The Morgan fingerprint density at radius 2 is 2.14 bits per heavy atom. The lowest BCUT2D eigenvalue weighted by Gasteiger charge is -2.25. The molecule has 2 aromatic carbocycles. The number of fused-ring (bicyclic) bond motifs is 1. The van der Waals surface area contributed by atoms with Crippen LogP contribution in [0.25, 0.3) is 0 Å². The Balaban J connectivity index is 1.74. The fourth-order valence-electron chi connectivity index (χ4n) is 2.51. The highest BCUT2D eigenvalue weighted by atomic mass is 35.5. The van der Waals surface area contributed by atoms with Crippen LogP contribution in [0.2, 0.25) is 5.02 Å². The minimum absolute atomic E-state index is 0.0212. The van der Waals surface area contributed by atoms with E-state index in [1.165, 1.54) is 0 Å². The molecule has 0 aliphatic carbocycles. The molecule has 3 nitrogen and oxygen atoms in total. The predicted octanol–water partition coefficient (Wildman–Crippen LogP) is 4.25. The van der Waals surface area contributed by atoms with Crippen molar-refractivity contribution in [3.8, 4) is 5.75 Å². The van der Waals surface area contributed by atoms with Crippen LogP contribution in [0.15, 0.2) is 47.4 Å². The molecule has 22 heavy (non-hydrogen) atoms. The number of hydrogen-bond donors (Lipinski definition) is 1. The quantitative estimate of drug-likeness (QED) is 0.853. The van der Waals surface area contributed by atoms with E-state index >= 15 is 0 Å². The Morgan fingerprint density at radius 3 is 2.95 bits per heavy atom. The van der Waals surface area contributed by atoms with Crippen molar-refractivity contribution in [2.75, 3.05) is 18.2 Å². The smallest absolute Gasteiger partial charge is 0.231 e. The van der Waals surface area contributed by atoms with E-state index in [4.69, 9.17) is 16.3 Å². The average Bonchev–Trinajstić information content (AvgIpc) is 2.54. The number of nitrogens with one attached hydrogen (secondary N) is 1. The number of carbonyl (C=O) groups excluding carboxylic acids is 1. The third kappa shape index (κ3) is 3.23. The van der Waals surface area contributed by atoms with Gasteiger partial charge in [0.25, 0.3) is 0 Å². The molecule has 1 amide bonds. The Morgan fingerprint density at radius 1 is 1.32 bits per heavy atom. The van der Waals surface area contributed by atoms with Crippen molar-refractivity contribution < 1.29 is 9.53 Å². The van der Waals surface area contributed by atoms with E-state index in [1.54, 1.807) is 17.8 Å². The van der Waals surface area contributed by atoms with Crippen LogP contribution in [0.3, 0.4) is 0 Å². The minimum Gasteiger partial charge on any atom is -0.492 e. The molecule has 1 unspecified atom stereocenters. The monoisotopic (exact) mass is 333 g/mol. The first kappa shape index (κ1) is 15.3. The Labute approximate surface area is 139 Å². The Bertz CT molecular complexity index is 705. The fourth-order valence-corrected chi connectivity index (χ4v) is 3.26. The zero-order valence-corrected chi connectivity index (χ0v) is 13.7. The number of rotatable bonds is 3. The molecule has 1 aliphatic heterocycles. The summed E-state index contributed by atoms with van der Waals surface area (Å²) in [7, 11) is 0. The summed E-state index contributed by atoms with van der Waals surface area (Å²) in [6.45, 7) is 0.391. The van der Waals surface area contributed by atoms with Gasteiger partial charge in [-0.05, 0) is 48.6 Å². The van der Waals surface area contributed by atoms with Crippen molar-refractivity contribution in [2.45, 2.75) is 11.3 Å². The SMILES string of the molecule is CSc1ccccc1NC(=O)C1COc2ccc(Cl)cc2C1. The van der Waals surface area contributed by atoms with Crippen molar-refractivity contribution in [1.29, 1.82) is 0 Å². The van der Waals surface area contributed by atoms with Gasteiger partial charge in [-0.2, -0.15) is 0 Å². The second-order valence-electron chi connectivity index (χ2n) is 5.15. The molecule has 114 valence electrons. The molecule has 0 fully saturated rings. The van der Waals surface area contributed by atoms with E-state index in [0.29, 0.717) is 18.1 Å². The van der Waals surface area contributed by atoms with E-state index < -0.39 is 0 Å². The third-order valence-electron chi connectivity index (χ3n) is 3.66. The molecule has 1 N–H and O–H groups in total. The van der Waals surface area contributed by atoms with E-state index in [9.17, 15) is 4.79 Å². The summed E-state index contributed by atoms with van der Waals surface area (Å²) in [4.78, 5) is 13.5. The number of halogens is 1. The van der Waals surface area contributed by atoms with Gasteiger partial charge in [0.2, 0.25) is 5.91 Å². The van der Waals surface area contributed by atoms with E-state index in [2.05, 4.69) is 5.32 Å². The van der Waals surface area contributed by atoms with Gasteiger partial charge in [0.15, 0.2) is 0 Å². The van der Waals surface area contributed by atoms with Gasteiger partial charge in [0.05, 0.1) is 11.6 Å². The van der Waals surface area contributed by atoms with Gasteiger partial charge in [-0.3, -0.25) is 4.79 Å². The van der Waals surface area contributed by atoms with Crippen LogP contribution in [0.4, 0.5) is 5.69 Å². The zero-order valence-electron chi connectivity index (χ0n) is 12.1. The molecular formula is C17H16ClNO2S. The summed E-state index contributed by atoms with van der Waals surface area (Å²) >= 11 is 7.63. The maximum atomic E-state index is 12.5. The van der Waals surface area contributed by atoms with Gasteiger partial charge < -0.3 is 10.1 Å². The van der Waals surface area contributed by atoms with Crippen molar-refractivity contribution in [3.63, 3.8) is 0 Å². The number of anilines is 1. The first-order chi connectivity index (χ1) is 10.7. The second-order valence-corrected chi connectivity index (χ2v) is 6.44. The summed E-state index contributed by atoms with van der Waals surface area (Å²) in [5.41, 5.74) is 1.83. The molecule has 2 aromatic rings. The van der Waals surface area contributed by atoms with Crippen LogP contribution in [0.1, 0.15) is 5.56 Å². The third-order valence-corrected chi connectivity index (χ3v) is 4.70. The van der Waals surface area contributed by atoms with Crippen LogP contribution in [0.5, 0.6) is 5.75 Å². The Hall–Kier alpha value is -1.65. The molecule has 3 rings (SSSR count). The summed E-state index contributed by atoms with van der Waals surface area (Å²) < 4.78 is 5.68. The lowest BCUT2D eigenvalue weighted by atomic mass is 9.96. The number of hydrogen-bond acceptors (Lipinski definition) is 3. The van der Waals surface area contributed by atoms with Gasteiger partial charge in [-0.15, -0.1) is 11.8 Å². The highest BCUT2D eigenvalue weighted by Crippen LogP contribution is 2.31. The summed E-state index contributed by atoms with van der Waals surface area (Å²) in [6.07, 6.45) is 2.64. The van der Waals surface area contributed by atoms with Gasteiger partial charge >= 0.3 is 0 Å². The molecule has 0 radical (unpaired) electrons. The molecule has 1 aliphatic rings. The van der Waals surface area contributed by atoms with Crippen molar-refractivity contribution >= 4 is 35.0 Å². The van der Waals surface area contributed by atoms with Gasteiger partial charge in [0.1, 0.15) is 12.4 Å². The van der Waals surface area contributed by atoms with Crippen LogP contribution in [-0.2, 0) is 11.2 Å². The molecule has 1 heterocycles. The molecule has 0 aromatic heterocycles. The number of para-hydroxylation sites is 1. The van der Waals surface area contributed by atoms with E-state index in [1.807, 2.05) is 42.7 Å². The number of benzene rings is 2. The van der Waals surface area contributed by atoms with Gasteiger partial charge in [0, 0.05) is 9.92 Å². The minimum atomic E-state index is -0.208. The summed E-state index contributed by atoms with van der Waals surface area (Å²) in [5, 5.41) is 3.67. The Kier molecular flexibility index (Phi) is 4.60. The normalized spacial score (nSPS) is 16.5. The average molecular weight is 334 g/mol. The molecule has 0 bridgehead atoms. The van der Waals surface area contributed by atoms with E-state index in [0.717, 1.165) is 21.9 Å². The molecule has 5 heteroatoms. The highest BCUT2D eigenvalue weighted by Gasteiger charge is 2.26. The molecule has 0 saturated heterocycles. The van der Waals surface area contributed by atoms with Crippen LogP contribution in [0, 0.1) is 5.92 Å². The standard InChI is InChI=1S/C17H16ClNO2S/c1-22-16-5-3-2-4-14(16)19-17(20)12-8-11-9-13(18)6-7-15(11)21-10-12/h2-7,9,12H,8,10H2,1H3,(H,19,20). The summed E-state index contributed by atoms with van der Waals surface area (Å²) in [5.74, 6) is 0.589. The van der Waals surface area contributed by atoms with Crippen molar-refractivity contribution in [3.05, 3.63) is 53.1 Å². The van der Waals surface area contributed by atoms with Crippen LogP contribution >= 0.6 is 23.4 Å². The zero-order chi connectivity index (χ0) is 15.5. The molecule has 0 saturated carbocycles. The number of ether oxygens (including phenoxy) is 1.